The van der Waals surface area contributed by atoms with Crippen LogP contribution in [0.3, 0.4) is 0 Å². The van der Waals surface area contributed by atoms with E-state index in [1.54, 1.807) is 76.3 Å². The first kappa shape index (κ1) is 60.8. The number of aliphatic hydroxyl groups is 10. The Morgan fingerprint density at radius 1 is 0.714 bits per heavy atom. The number of aliphatic hydroxyl groups excluding tert-OH is 9. The third-order valence-corrected chi connectivity index (χ3v) is 12.8. The number of amides is 1. The fraction of sp³-hybridized carbons (Fsp3) is 0.686. The van der Waals surface area contributed by atoms with E-state index in [1.165, 1.54) is 0 Å². The maximum atomic E-state index is 13.7. The fourth-order valence-corrected chi connectivity index (χ4v) is 8.50. The van der Waals surface area contributed by atoms with E-state index in [2.05, 4.69) is 5.32 Å². The van der Waals surface area contributed by atoms with Crippen LogP contribution in [0, 0.1) is 17.8 Å². The number of carbonyl (C=O) groups is 2. The molecule has 0 aromatic heterocycles. The van der Waals surface area contributed by atoms with Crippen molar-refractivity contribution in [2.45, 2.75) is 183 Å². The molecule has 70 heavy (non-hydrogen) atoms. The van der Waals surface area contributed by atoms with Crippen molar-refractivity contribution in [3.05, 3.63) is 85.1 Å². The maximum absolute atomic E-state index is 13.7. The second kappa shape index (κ2) is 31.2. The van der Waals surface area contributed by atoms with E-state index in [4.69, 9.17) is 29.4 Å². The van der Waals surface area contributed by atoms with Gasteiger partial charge >= 0.3 is 5.97 Å². The molecule has 0 aromatic carbocycles. The number of nitrogens with one attached hydrogen (secondary N) is 1. The van der Waals surface area contributed by atoms with E-state index in [0.29, 0.717) is 6.61 Å². The van der Waals surface area contributed by atoms with E-state index in [9.17, 15) is 60.7 Å². The molecule has 0 spiro atoms. The molecule has 0 unspecified atom stereocenters. The second-order valence-corrected chi connectivity index (χ2v) is 18.7. The Labute approximate surface area is 412 Å². The molecule has 0 radical (unpaired) electrons. The topological polar surface area (TPSA) is 321 Å². The van der Waals surface area contributed by atoms with E-state index in [1.807, 2.05) is 43.4 Å². The number of fused-ring (bicyclic) bond motifs is 2. The van der Waals surface area contributed by atoms with Gasteiger partial charge in [-0.3, -0.25) is 9.59 Å². The van der Waals surface area contributed by atoms with E-state index in [0.717, 1.165) is 0 Å². The van der Waals surface area contributed by atoms with Gasteiger partial charge < -0.3 is 85.8 Å². The summed E-state index contributed by atoms with van der Waals surface area (Å²) >= 11 is 0. The number of carbonyl (C=O) groups excluding carboxylic acids is 2. The summed E-state index contributed by atoms with van der Waals surface area (Å²) in [6.45, 7) is 9.27. The molecule has 2 saturated heterocycles. The SMILES string of the molecule is CCOCCNC(=O)[C@H]1[C@@H]2C[C@@H](O[C@@H]3O[C@H](C)[C@@H](O)[C@H](N)[C@@H]3O)/C=C/C=C/C=C/C=C/C=C/C=C/C=C/[C@H](C)[C@@H](O)[C@@H](C)[C@H](C)OC(=O)C[C@H](O)C[C@H](O)CC[C@@H](O)[C@H](O)C[C@H](O)C[C@](O)(C[C@@H]1O)O2. The summed E-state index contributed by atoms with van der Waals surface area (Å²) in [7, 11) is 0. The Kier molecular flexibility index (Phi) is 27.1. The first-order chi connectivity index (χ1) is 33.2. The average molecular weight is 995 g/mol. The van der Waals surface area contributed by atoms with Crippen molar-refractivity contribution in [2.24, 2.45) is 23.5 Å². The lowest BCUT2D eigenvalue weighted by Gasteiger charge is -2.46. The minimum atomic E-state index is -2.27. The highest BCUT2D eigenvalue weighted by Gasteiger charge is 2.51. The monoisotopic (exact) mass is 995 g/mol. The second-order valence-electron chi connectivity index (χ2n) is 18.7. The summed E-state index contributed by atoms with van der Waals surface area (Å²) in [5.41, 5.74) is 6.10. The van der Waals surface area contributed by atoms with Crippen LogP contribution in [0.5, 0.6) is 0 Å². The number of allylic oxidation sites excluding steroid dienone is 12. The molecule has 13 N–H and O–H groups in total. The Morgan fingerprint density at radius 3 is 1.93 bits per heavy atom. The van der Waals surface area contributed by atoms with Crippen molar-refractivity contribution in [3.63, 3.8) is 0 Å². The van der Waals surface area contributed by atoms with Crippen LogP contribution in [0.15, 0.2) is 85.1 Å². The predicted molar refractivity (Wildman–Crippen MR) is 259 cm³/mol. The summed E-state index contributed by atoms with van der Waals surface area (Å²) in [5.74, 6) is -5.64. The van der Waals surface area contributed by atoms with Gasteiger partial charge in [-0.05, 0) is 40.0 Å². The normalized spacial score (nSPS) is 43.1. The third-order valence-electron chi connectivity index (χ3n) is 12.8. The van der Waals surface area contributed by atoms with Crippen molar-refractivity contribution < 1.29 is 84.3 Å². The molecule has 3 aliphatic rings. The zero-order chi connectivity index (χ0) is 52.0. The standard InChI is InChI=1S/C51H82N2O17/c1-6-66-24-23-53-49(64)44-41(59)30-51(65)29-37(56)26-40(58)39(57)22-21-35(54)25-36(55)27-43(60)67-33(4)32(3)46(61)31(2)19-17-15-13-11-9-7-8-10-12-14-16-18-20-38(28-42(44)70-51)69-50-48(63)45(52)47(62)34(5)68-50/h7-20,31-42,44-48,50,54-59,61-63,65H,6,21-30,52H2,1-5H3,(H,53,64)/b8-7+,11-9+,12-10+,15-13+,16-14+,19-17+,20-18+/t31-,32-,33-,34+,35+,36+,37-,38-,39+,40+,41-,42-,44+,45-,46+,47+,48-,50-,51+/m0/s1. The van der Waals surface area contributed by atoms with Gasteiger partial charge in [0.1, 0.15) is 12.2 Å². The molecule has 19 heteroatoms. The number of hydrogen-bond acceptors (Lipinski definition) is 18. The highest BCUT2D eigenvalue weighted by molar-refractivity contribution is 5.80. The summed E-state index contributed by atoms with van der Waals surface area (Å²) in [6.07, 6.45) is 4.67. The molecule has 3 aliphatic heterocycles. The quantitative estimate of drug-likeness (QED) is 0.124. The van der Waals surface area contributed by atoms with Gasteiger partial charge in [0.05, 0.1) is 92.1 Å². The Hall–Kier alpha value is -3.48. The highest BCUT2D eigenvalue weighted by Crippen LogP contribution is 2.38. The predicted octanol–water partition coefficient (Wildman–Crippen LogP) is 0.780. The average Bonchev–Trinajstić information content (AvgIpc) is 3.29. The first-order valence-electron chi connectivity index (χ1n) is 24.5. The van der Waals surface area contributed by atoms with Crippen molar-refractivity contribution in [1.82, 2.24) is 5.32 Å². The molecule has 398 valence electrons. The lowest BCUT2D eigenvalue weighted by Crippen LogP contribution is -2.62. The third kappa shape index (κ3) is 20.9. The molecule has 0 saturated carbocycles. The van der Waals surface area contributed by atoms with Crippen molar-refractivity contribution >= 4 is 11.9 Å². The van der Waals surface area contributed by atoms with Crippen molar-refractivity contribution in [1.29, 1.82) is 0 Å². The number of nitrogens with two attached hydrogens (primary N) is 1. The van der Waals surface area contributed by atoms with Gasteiger partial charge in [-0.15, -0.1) is 0 Å². The lowest BCUT2D eigenvalue weighted by atomic mass is 9.82. The number of rotatable bonds is 7. The van der Waals surface area contributed by atoms with Gasteiger partial charge in [0.15, 0.2) is 12.1 Å². The molecule has 19 atom stereocenters. The zero-order valence-corrected chi connectivity index (χ0v) is 41.2. The summed E-state index contributed by atoms with van der Waals surface area (Å²) in [4.78, 5) is 26.4. The summed E-state index contributed by atoms with van der Waals surface area (Å²) in [6, 6.07) is -1.13. The zero-order valence-electron chi connectivity index (χ0n) is 41.2. The number of cyclic esters (lactones) is 1. The van der Waals surface area contributed by atoms with Crippen LogP contribution < -0.4 is 11.1 Å². The van der Waals surface area contributed by atoms with Crippen LogP contribution in [0.4, 0.5) is 0 Å². The summed E-state index contributed by atoms with van der Waals surface area (Å²) in [5, 5.41) is 112. The van der Waals surface area contributed by atoms with E-state index >= 15 is 0 Å². The minimum Gasteiger partial charge on any atom is -0.462 e. The molecular weight excluding hydrogens is 913 g/mol. The van der Waals surface area contributed by atoms with E-state index < -0.39 is 147 Å². The van der Waals surface area contributed by atoms with E-state index in [-0.39, 0.29) is 44.8 Å². The molecule has 3 heterocycles. The summed E-state index contributed by atoms with van der Waals surface area (Å²) < 4.78 is 29.0. The number of esters is 1. The first-order valence-corrected chi connectivity index (χ1v) is 24.5. The van der Waals surface area contributed by atoms with Crippen LogP contribution in [-0.2, 0) is 33.3 Å². The van der Waals surface area contributed by atoms with Gasteiger partial charge in [0, 0.05) is 50.7 Å². The largest absolute Gasteiger partial charge is 0.462 e. The molecule has 19 nitrogen and oxygen atoms in total. The molecule has 1 amide bonds. The van der Waals surface area contributed by atoms with Gasteiger partial charge in [0.25, 0.3) is 0 Å². The maximum Gasteiger partial charge on any atom is 0.308 e. The van der Waals surface area contributed by atoms with Crippen molar-refractivity contribution in [3.8, 4) is 0 Å². The van der Waals surface area contributed by atoms with Crippen molar-refractivity contribution in [2.75, 3.05) is 19.8 Å². The smallest absolute Gasteiger partial charge is 0.308 e. The Morgan fingerprint density at radius 2 is 1.31 bits per heavy atom. The lowest BCUT2D eigenvalue weighted by molar-refractivity contribution is -0.307. The molecular formula is C51H82N2O17. The van der Waals surface area contributed by atoms with Gasteiger partial charge in [-0.2, -0.15) is 0 Å². The molecule has 3 rings (SSSR count). The van der Waals surface area contributed by atoms with Crippen LogP contribution in [0.1, 0.15) is 86.0 Å². The van der Waals surface area contributed by atoms with Crippen LogP contribution in [-0.4, -0.2) is 180 Å². The highest BCUT2D eigenvalue weighted by atomic mass is 16.7. The molecule has 2 bridgehead atoms. The van der Waals surface area contributed by atoms with Gasteiger partial charge in [-0.25, -0.2) is 0 Å². The molecule has 0 aromatic rings. The van der Waals surface area contributed by atoms with Crippen LogP contribution in [0.2, 0.25) is 0 Å². The molecule has 2 fully saturated rings. The van der Waals surface area contributed by atoms with Gasteiger partial charge in [0.2, 0.25) is 5.91 Å². The van der Waals surface area contributed by atoms with Crippen LogP contribution >= 0.6 is 0 Å². The Bertz CT molecular complexity index is 1760. The molecule has 0 aliphatic carbocycles. The number of hydrogen-bond donors (Lipinski definition) is 12. The minimum absolute atomic E-state index is 0.0958. The van der Waals surface area contributed by atoms with Crippen LogP contribution in [0.25, 0.3) is 0 Å². The number of ether oxygens (including phenoxy) is 5. The van der Waals surface area contributed by atoms with Gasteiger partial charge in [-0.1, -0.05) is 98.9 Å². The Balaban J connectivity index is 1.92. The fourth-order valence-electron chi connectivity index (χ4n) is 8.50.